The third-order valence-corrected chi connectivity index (χ3v) is 9.00. The number of likely N-dealkylation sites (N-methyl/N-ethyl adjacent to an activating group) is 1. The van der Waals surface area contributed by atoms with E-state index in [1.54, 1.807) is 0 Å². The summed E-state index contributed by atoms with van der Waals surface area (Å²) < 4.78 is 0. The summed E-state index contributed by atoms with van der Waals surface area (Å²) in [6.07, 6.45) is 41.6. The average Bonchev–Trinajstić information content (AvgIpc) is 2.96. The Morgan fingerprint density at radius 1 is 0.381 bits per heavy atom. The van der Waals surface area contributed by atoms with Gasteiger partial charge in [0.1, 0.15) is 6.54 Å². The molecule has 0 aromatic heterocycles. The molecule has 0 radical (unpaired) electrons. The SMILES string of the molecule is CCCCCCCCCCCCCCCCCC(=O)C[NH+](C)C(=O)CCCCCCCCCCCCCCCCC.[Br-]. The molecule has 0 aliphatic rings. The van der Waals surface area contributed by atoms with Crippen molar-refractivity contribution in [1.82, 2.24) is 0 Å². The highest BCUT2D eigenvalue weighted by Crippen LogP contribution is 2.15. The number of carbonyl (C=O) groups is 2. The van der Waals surface area contributed by atoms with Crippen LogP contribution in [0.2, 0.25) is 0 Å². The molecule has 0 fully saturated rings. The van der Waals surface area contributed by atoms with E-state index in [4.69, 9.17) is 0 Å². The molecular weight excluding hydrogens is 582 g/mol. The minimum atomic E-state index is 0. The summed E-state index contributed by atoms with van der Waals surface area (Å²) >= 11 is 0. The number of carbonyl (C=O) groups excluding carboxylic acids is 2. The molecule has 0 heterocycles. The molecule has 252 valence electrons. The third-order valence-electron chi connectivity index (χ3n) is 9.00. The van der Waals surface area contributed by atoms with Crippen LogP contribution in [0.5, 0.6) is 0 Å². The van der Waals surface area contributed by atoms with E-state index in [9.17, 15) is 9.59 Å². The summed E-state index contributed by atoms with van der Waals surface area (Å²) in [4.78, 5) is 25.6. The quantitative estimate of drug-likeness (QED) is 0.0710. The Hall–Kier alpha value is -0.220. The lowest BCUT2D eigenvalue weighted by molar-refractivity contribution is -0.789. The Morgan fingerprint density at radius 3 is 0.905 bits per heavy atom. The van der Waals surface area contributed by atoms with Crippen LogP contribution in [-0.4, -0.2) is 25.3 Å². The normalized spacial score (nSPS) is 11.9. The number of nitrogens with one attached hydrogen (secondary N) is 1. The lowest BCUT2D eigenvalue weighted by Crippen LogP contribution is -3.12. The number of Topliss-reactive ketones (excluding diaryl/α,β-unsaturated/α-hetero) is 1. The number of unbranched alkanes of at least 4 members (excludes halogenated alkanes) is 28. The van der Waals surface area contributed by atoms with Crippen molar-refractivity contribution in [2.75, 3.05) is 13.6 Å². The Bertz CT molecular complexity index is 553. The molecule has 0 spiro atoms. The molecule has 1 atom stereocenters. The Balaban J connectivity index is 0. The first-order valence-electron chi connectivity index (χ1n) is 19.0. The molecule has 0 aromatic carbocycles. The molecule has 42 heavy (non-hydrogen) atoms. The first-order chi connectivity index (χ1) is 20.1. The molecule has 0 saturated heterocycles. The highest BCUT2D eigenvalue weighted by Gasteiger charge is 2.17. The number of ketones is 1. The smallest absolute Gasteiger partial charge is 0.312 e. The predicted octanol–water partition coefficient (Wildman–Crippen LogP) is 8.12. The van der Waals surface area contributed by atoms with Crippen LogP contribution >= 0.6 is 0 Å². The lowest BCUT2D eigenvalue weighted by Gasteiger charge is -2.11. The van der Waals surface area contributed by atoms with Gasteiger partial charge in [-0.05, 0) is 12.8 Å². The molecule has 3 nitrogen and oxygen atoms in total. The molecule has 0 rings (SSSR count). The van der Waals surface area contributed by atoms with E-state index in [1.807, 2.05) is 7.05 Å². The molecule has 4 heteroatoms. The minimum absolute atomic E-state index is 0. The number of halogens is 1. The molecule has 0 saturated carbocycles. The van der Waals surface area contributed by atoms with Gasteiger partial charge >= 0.3 is 5.91 Å². The summed E-state index contributed by atoms with van der Waals surface area (Å²) in [7, 11) is 1.89. The van der Waals surface area contributed by atoms with Crippen LogP contribution in [0.25, 0.3) is 0 Å². The Kier molecular flexibility index (Phi) is 38.6. The Labute approximate surface area is 275 Å². The topological polar surface area (TPSA) is 38.6 Å². The maximum Gasteiger partial charge on any atom is 0.312 e. The van der Waals surface area contributed by atoms with Crippen LogP contribution in [0.4, 0.5) is 0 Å². The van der Waals surface area contributed by atoms with Gasteiger partial charge in [-0.1, -0.05) is 194 Å². The lowest BCUT2D eigenvalue weighted by atomic mass is 10.0. The monoisotopic (exact) mass is 658 g/mol. The van der Waals surface area contributed by atoms with Gasteiger partial charge in [0.15, 0.2) is 5.78 Å². The van der Waals surface area contributed by atoms with Crippen LogP contribution < -0.4 is 21.9 Å². The standard InChI is InChI=1S/C38H75NO2.BrH/c1-4-6-8-10-12-14-16-18-20-22-24-26-28-30-32-34-37(40)36-39(3)38(41)35-33-31-29-27-25-23-21-19-17-15-13-11-9-7-5-2;/h4-36H2,1-3H3;1H. The van der Waals surface area contributed by atoms with Gasteiger partial charge in [-0.2, -0.15) is 0 Å². The van der Waals surface area contributed by atoms with Crippen molar-refractivity contribution in [3.63, 3.8) is 0 Å². The summed E-state index contributed by atoms with van der Waals surface area (Å²) in [5.41, 5.74) is 0. The second-order valence-electron chi connectivity index (χ2n) is 13.3. The van der Waals surface area contributed by atoms with Gasteiger partial charge in [0.25, 0.3) is 0 Å². The molecule has 1 amide bonds. The largest absolute Gasteiger partial charge is 1.00 e. The molecular formula is C38H76BrNO2. The van der Waals surface area contributed by atoms with Crippen LogP contribution in [0.1, 0.15) is 219 Å². The fourth-order valence-electron chi connectivity index (χ4n) is 6.05. The van der Waals surface area contributed by atoms with Crippen LogP contribution in [0.15, 0.2) is 0 Å². The maximum absolute atomic E-state index is 12.4. The van der Waals surface area contributed by atoms with Crippen molar-refractivity contribution in [3.05, 3.63) is 0 Å². The molecule has 0 aromatic rings. The van der Waals surface area contributed by atoms with E-state index in [1.165, 1.54) is 167 Å². The van der Waals surface area contributed by atoms with E-state index in [0.29, 0.717) is 19.4 Å². The Morgan fingerprint density at radius 2 is 0.619 bits per heavy atom. The van der Waals surface area contributed by atoms with Gasteiger partial charge < -0.3 is 17.0 Å². The summed E-state index contributed by atoms with van der Waals surface area (Å²) in [6.45, 7) is 4.95. The second-order valence-corrected chi connectivity index (χ2v) is 13.3. The predicted molar refractivity (Wildman–Crippen MR) is 181 cm³/mol. The van der Waals surface area contributed by atoms with Crippen LogP contribution in [0, 0.1) is 0 Å². The van der Waals surface area contributed by atoms with Gasteiger partial charge in [0, 0.05) is 6.42 Å². The molecule has 0 aliphatic carbocycles. The van der Waals surface area contributed by atoms with Gasteiger partial charge in [-0.25, -0.2) is 4.79 Å². The zero-order chi connectivity index (χ0) is 30.1. The number of quaternary nitrogens is 1. The maximum atomic E-state index is 12.4. The van der Waals surface area contributed by atoms with Crippen molar-refractivity contribution in [2.24, 2.45) is 0 Å². The molecule has 1 unspecified atom stereocenters. The van der Waals surface area contributed by atoms with Crippen molar-refractivity contribution in [2.45, 2.75) is 219 Å². The number of amides is 1. The molecule has 0 bridgehead atoms. The van der Waals surface area contributed by atoms with Crippen molar-refractivity contribution in [1.29, 1.82) is 0 Å². The highest BCUT2D eigenvalue weighted by molar-refractivity contribution is 5.81. The first-order valence-corrected chi connectivity index (χ1v) is 19.0. The van der Waals surface area contributed by atoms with Crippen LogP contribution in [0.3, 0.4) is 0 Å². The minimum Gasteiger partial charge on any atom is -1.00 e. The van der Waals surface area contributed by atoms with E-state index < -0.39 is 0 Å². The number of hydrogen-bond donors (Lipinski definition) is 1. The fraction of sp³-hybridized carbons (Fsp3) is 0.947. The van der Waals surface area contributed by atoms with Crippen molar-refractivity contribution in [3.8, 4) is 0 Å². The second kappa shape index (κ2) is 37.0. The van der Waals surface area contributed by atoms with E-state index in [0.717, 1.165) is 30.6 Å². The van der Waals surface area contributed by atoms with Gasteiger partial charge in [-0.15, -0.1) is 0 Å². The summed E-state index contributed by atoms with van der Waals surface area (Å²) in [6, 6.07) is 0. The van der Waals surface area contributed by atoms with E-state index in [-0.39, 0.29) is 28.7 Å². The molecule has 0 aliphatic heterocycles. The zero-order valence-corrected chi connectivity index (χ0v) is 30.6. The highest BCUT2D eigenvalue weighted by atomic mass is 79.9. The average molecular weight is 659 g/mol. The van der Waals surface area contributed by atoms with E-state index in [2.05, 4.69) is 13.8 Å². The summed E-state index contributed by atoms with van der Waals surface area (Å²) in [5.74, 6) is 0.492. The zero-order valence-electron chi connectivity index (χ0n) is 29.0. The van der Waals surface area contributed by atoms with Crippen molar-refractivity contribution >= 4 is 11.7 Å². The van der Waals surface area contributed by atoms with Crippen LogP contribution in [-0.2, 0) is 9.59 Å². The number of hydrogen-bond acceptors (Lipinski definition) is 2. The summed E-state index contributed by atoms with van der Waals surface area (Å²) in [5, 5.41) is 0. The first kappa shape index (κ1) is 43.9. The van der Waals surface area contributed by atoms with Crippen molar-refractivity contribution < 1.29 is 31.5 Å². The van der Waals surface area contributed by atoms with E-state index >= 15 is 0 Å². The van der Waals surface area contributed by atoms with Gasteiger partial charge in [0.2, 0.25) is 0 Å². The third kappa shape index (κ3) is 34.3. The van der Waals surface area contributed by atoms with Gasteiger partial charge in [0.05, 0.1) is 13.5 Å². The fourth-order valence-corrected chi connectivity index (χ4v) is 6.05. The van der Waals surface area contributed by atoms with Gasteiger partial charge in [-0.3, -0.25) is 9.69 Å². The molecule has 1 N–H and O–H groups in total. The number of rotatable bonds is 34.